The number of fused-ring (bicyclic) bond motifs is 3. The fraction of sp³-hybridized carbons (Fsp3) is 0.0426. The van der Waals surface area contributed by atoms with Gasteiger partial charge in [-0.15, -0.1) is 0 Å². The van der Waals surface area contributed by atoms with E-state index in [9.17, 15) is 0 Å². The second-order valence-corrected chi connectivity index (χ2v) is 12.8. The number of nitrogens with zero attached hydrogens (tertiary/aromatic N) is 4. The molecule has 4 heteroatoms. The van der Waals surface area contributed by atoms with Gasteiger partial charge in [-0.05, 0) is 41.1 Å². The lowest BCUT2D eigenvalue weighted by molar-refractivity contribution is 0.979. The summed E-state index contributed by atoms with van der Waals surface area (Å²) in [4.78, 5) is 10.00. The molecule has 0 atom stereocenters. The molecular weight excluding hydrogens is 621 g/mol. The number of aromatic nitrogens is 4. The van der Waals surface area contributed by atoms with Crippen molar-refractivity contribution in [2.24, 2.45) is 0 Å². The molecule has 51 heavy (non-hydrogen) atoms. The fourth-order valence-electron chi connectivity index (χ4n) is 7.06. The molecule has 0 N–H and O–H groups in total. The van der Waals surface area contributed by atoms with Gasteiger partial charge in [0.05, 0.1) is 28.3 Å². The van der Waals surface area contributed by atoms with Crippen molar-refractivity contribution in [2.75, 3.05) is 0 Å². The van der Waals surface area contributed by atoms with Gasteiger partial charge in [0.25, 0.3) is 0 Å². The normalized spacial score (nSPS) is 11.3. The van der Waals surface area contributed by atoms with Crippen molar-refractivity contribution >= 4 is 16.3 Å². The second-order valence-electron chi connectivity index (χ2n) is 12.8. The highest BCUT2D eigenvalue weighted by Crippen LogP contribution is 2.38. The van der Waals surface area contributed by atoms with E-state index in [1.165, 1.54) is 16.3 Å². The van der Waals surface area contributed by atoms with Crippen LogP contribution in [0.3, 0.4) is 0 Å². The molecule has 0 saturated heterocycles. The Hall–Kier alpha value is -6.65. The van der Waals surface area contributed by atoms with Crippen LogP contribution in [0.5, 0.6) is 0 Å². The third kappa shape index (κ3) is 5.67. The first kappa shape index (κ1) is 30.4. The minimum atomic E-state index is 0.715. The summed E-state index contributed by atoms with van der Waals surface area (Å²) < 4.78 is 2.16. The molecule has 0 aliphatic carbocycles. The molecule has 6 aromatic carbocycles. The summed E-state index contributed by atoms with van der Waals surface area (Å²) in [6.07, 6.45) is 0.870. The summed E-state index contributed by atoms with van der Waals surface area (Å²) in [6, 6.07) is 61.5. The summed E-state index contributed by atoms with van der Waals surface area (Å²) >= 11 is 0. The van der Waals surface area contributed by atoms with Crippen LogP contribution in [-0.4, -0.2) is 19.6 Å². The van der Waals surface area contributed by atoms with E-state index in [0.717, 1.165) is 73.7 Å². The molecule has 0 unspecified atom stereocenters. The van der Waals surface area contributed by atoms with Crippen LogP contribution in [0.1, 0.15) is 12.5 Å². The maximum Gasteiger partial charge on any atom is 0.160 e. The van der Waals surface area contributed by atoms with Crippen molar-refractivity contribution in [1.82, 2.24) is 19.6 Å². The summed E-state index contributed by atoms with van der Waals surface area (Å²) in [6.45, 7) is 2.23. The molecule has 9 rings (SSSR count). The minimum absolute atomic E-state index is 0.715. The monoisotopic (exact) mass is 654 g/mol. The molecule has 0 spiro atoms. The Morgan fingerprint density at radius 2 is 0.961 bits per heavy atom. The van der Waals surface area contributed by atoms with Crippen molar-refractivity contribution in [1.29, 1.82) is 0 Å². The zero-order valence-corrected chi connectivity index (χ0v) is 28.2. The maximum atomic E-state index is 5.29. The molecule has 242 valence electrons. The van der Waals surface area contributed by atoms with Gasteiger partial charge in [0, 0.05) is 38.8 Å². The van der Waals surface area contributed by atoms with Crippen LogP contribution in [0.25, 0.3) is 83.8 Å². The van der Waals surface area contributed by atoms with Crippen LogP contribution < -0.4 is 0 Å². The fourth-order valence-corrected chi connectivity index (χ4v) is 7.06. The van der Waals surface area contributed by atoms with Crippen LogP contribution in [0.4, 0.5) is 0 Å². The van der Waals surface area contributed by atoms with Crippen LogP contribution in [0, 0.1) is 0 Å². The lowest BCUT2D eigenvalue weighted by Crippen LogP contribution is -1.96. The van der Waals surface area contributed by atoms with Gasteiger partial charge >= 0.3 is 0 Å². The molecule has 4 nitrogen and oxygen atoms in total. The number of benzene rings is 6. The average molecular weight is 655 g/mol. The second kappa shape index (κ2) is 13.0. The van der Waals surface area contributed by atoms with Crippen LogP contribution in [-0.2, 0) is 6.42 Å². The van der Waals surface area contributed by atoms with Crippen molar-refractivity contribution in [3.8, 4) is 67.5 Å². The van der Waals surface area contributed by atoms with E-state index in [2.05, 4.69) is 151 Å². The highest BCUT2D eigenvalue weighted by Gasteiger charge is 2.20. The molecule has 0 radical (unpaired) electrons. The Labute approximate surface area is 297 Å². The molecular formula is C47H34N4. The summed E-state index contributed by atoms with van der Waals surface area (Å²) in [7, 11) is 0. The zero-order valence-electron chi connectivity index (χ0n) is 28.2. The van der Waals surface area contributed by atoms with Crippen molar-refractivity contribution in [3.05, 3.63) is 181 Å². The van der Waals surface area contributed by atoms with Gasteiger partial charge < -0.3 is 0 Å². The SMILES string of the molecule is CCc1c(-c2ccccc2)nn2c(-c3ccccc3)cc3ccc(-c4ccc(-c5cc(-c6ccccc6)nc(-c6ccccc6)n5)cc4)cc3c12. The van der Waals surface area contributed by atoms with Gasteiger partial charge in [-0.1, -0.05) is 165 Å². The van der Waals surface area contributed by atoms with Gasteiger partial charge in [-0.25, -0.2) is 14.5 Å². The Balaban J connectivity index is 1.17. The predicted octanol–water partition coefficient (Wildman–Crippen LogP) is 11.8. The molecule has 3 aromatic heterocycles. The molecule has 0 aliphatic rings. The lowest BCUT2D eigenvalue weighted by Gasteiger charge is -2.12. The van der Waals surface area contributed by atoms with E-state index in [4.69, 9.17) is 15.1 Å². The number of hydrogen-bond donors (Lipinski definition) is 0. The van der Waals surface area contributed by atoms with Crippen LogP contribution in [0.15, 0.2) is 176 Å². The molecule has 0 fully saturated rings. The molecule has 0 bridgehead atoms. The van der Waals surface area contributed by atoms with Gasteiger partial charge in [-0.3, -0.25) is 0 Å². The number of pyridine rings is 1. The third-order valence-electron chi connectivity index (χ3n) is 9.62. The highest BCUT2D eigenvalue weighted by molar-refractivity contribution is 6.03. The quantitative estimate of drug-likeness (QED) is 0.172. The summed E-state index contributed by atoms with van der Waals surface area (Å²) in [5.41, 5.74) is 14.0. The van der Waals surface area contributed by atoms with E-state index in [0.29, 0.717) is 5.82 Å². The molecule has 0 aliphatic heterocycles. The van der Waals surface area contributed by atoms with Crippen molar-refractivity contribution < 1.29 is 0 Å². The number of hydrogen-bond acceptors (Lipinski definition) is 3. The summed E-state index contributed by atoms with van der Waals surface area (Å²) in [5.74, 6) is 0.715. The van der Waals surface area contributed by atoms with E-state index >= 15 is 0 Å². The topological polar surface area (TPSA) is 43.1 Å². The van der Waals surface area contributed by atoms with Crippen LogP contribution in [0.2, 0.25) is 0 Å². The largest absolute Gasteiger partial charge is 0.232 e. The predicted molar refractivity (Wildman–Crippen MR) is 210 cm³/mol. The van der Waals surface area contributed by atoms with E-state index in [1.54, 1.807) is 0 Å². The molecule has 9 aromatic rings. The standard InChI is InChI=1S/C47H34N4/c1-2-40-45(36-19-11-5-12-20-36)50-51-44(35-17-9-4-10-18-35)30-39-28-27-38(29-41(39)46(40)51)32-23-25-34(26-24-32)43-31-42(33-15-7-3-8-16-33)48-47(49-43)37-21-13-6-14-22-37/h3-31H,2H2,1H3. The first-order valence-corrected chi connectivity index (χ1v) is 17.4. The Bertz CT molecular complexity index is 2570. The molecule has 0 amide bonds. The highest BCUT2D eigenvalue weighted by atomic mass is 15.2. The van der Waals surface area contributed by atoms with Crippen molar-refractivity contribution in [2.45, 2.75) is 13.3 Å². The first-order valence-electron chi connectivity index (χ1n) is 17.4. The molecule has 0 saturated carbocycles. The van der Waals surface area contributed by atoms with Gasteiger partial charge in [0.15, 0.2) is 5.82 Å². The van der Waals surface area contributed by atoms with E-state index in [-0.39, 0.29) is 0 Å². The van der Waals surface area contributed by atoms with Crippen molar-refractivity contribution in [3.63, 3.8) is 0 Å². The first-order chi connectivity index (χ1) is 25.2. The average Bonchev–Trinajstić information content (AvgIpc) is 3.62. The number of aryl methyl sites for hydroxylation is 1. The zero-order chi connectivity index (χ0) is 34.1. The lowest BCUT2D eigenvalue weighted by atomic mass is 9.96. The minimum Gasteiger partial charge on any atom is -0.232 e. The third-order valence-corrected chi connectivity index (χ3v) is 9.62. The summed E-state index contributed by atoms with van der Waals surface area (Å²) in [5, 5.41) is 7.68. The van der Waals surface area contributed by atoms with Gasteiger partial charge in [0.2, 0.25) is 0 Å². The Kier molecular flexibility index (Phi) is 7.75. The smallest absolute Gasteiger partial charge is 0.160 e. The Morgan fingerprint density at radius 1 is 0.451 bits per heavy atom. The van der Waals surface area contributed by atoms with E-state index < -0.39 is 0 Å². The van der Waals surface area contributed by atoms with Gasteiger partial charge in [-0.2, -0.15) is 5.10 Å². The van der Waals surface area contributed by atoms with Gasteiger partial charge in [0.1, 0.15) is 0 Å². The maximum absolute atomic E-state index is 5.29. The van der Waals surface area contributed by atoms with Crippen LogP contribution >= 0.6 is 0 Å². The molecule has 3 heterocycles. The Morgan fingerprint density at radius 3 is 1.57 bits per heavy atom. The van der Waals surface area contributed by atoms with E-state index in [1.807, 2.05) is 36.4 Å². The number of rotatable bonds is 7.